The van der Waals surface area contributed by atoms with Crippen molar-refractivity contribution in [1.29, 1.82) is 0 Å². The first-order chi connectivity index (χ1) is 18.0. The normalized spacial score (nSPS) is 19.5. The first kappa shape index (κ1) is 22.8. The highest BCUT2D eigenvalue weighted by molar-refractivity contribution is 6.07. The van der Waals surface area contributed by atoms with Crippen molar-refractivity contribution in [2.24, 2.45) is 5.10 Å². The molecule has 2 atom stereocenters. The minimum Gasteiger partial charge on any atom is -0.467 e. The minimum absolute atomic E-state index is 0.327. The molecule has 186 valence electrons. The van der Waals surface area contributed by atoms with E-state index in [-0.39, 0.29) is 0 Å². The van der Waals surface area contributed by atoms with Crippen LogP contribution >= 0.6 is 0 Å². The van der Waals surface area contributed by atoms with Crippen molar-refractivity contribution < 1.29 is 18.8 Å². The maximum atomic E-state index is 13.4. The number of hydrogen-bond donors (Lipinski definition) is 2. The highest BCUT2D eigenvalue weighted by atomic mass is 16.3. The third kappa shape index (κ3) is 4.18. The second kappa shape index (κ2) is 9.09. The summed E-state index contributed by atoms with van der Waals surface area (Å²) in [6, 6.07) is 17.5. The fourth-order valence-electron chi connectivity index (χ4n) is 4.96. The number of aromatic nitrogens is 1. The lowest BCUT2D eigenvalue weighted by molar-refractivity contribution is -0.138. The minimum atomic E-state index is -0.745. The van der Waals surface area contributed by atoms with Crippen LogP contribution in [0.25, 0.3) is 10.9 Å². The fraction of sp³-hybridized carbons (Fsp3) is 0.214. The summed E-state index contributed by atoms with van der Waals surface area (Å²) >= 11 is 0. The smallest absolute Gasteiger partial charge is 0.325 e. The van der Waals surface area contributed by atoms with E-state index in [4.69, 9.17) is 4.42 Å². The number of aryl methyl sites for hydroxylation is 1. The van der Waals surface area contributed by atoms with Crippen molar-refractivity contribution in [2.45, 2.75) is 31.8 Å². The lowest BCUT2D eigenvalue weighted by Crippen LogP contribution is -2.41. The van der Waals surface area contributed by atoms with Gasteiger partial charge in [0.15, 0.2) is 0 Å². The van der Waals surface area contributed by atoms with Gasteiger partial charge in [-0.1, -0.05) is 48.0 Å². The highest BCUT2D eigenvalue weighted by Crippen LogP contribution is 2.33. The monoisotopic (exact) mass is 495 g/mol. The number of fused-ring (bicyclic) bond motifs is 1. The van der Waals surface area contributed by atoms with Gasteiger partial charge in [-0.15, -0.1) is 0 Å². The van der Waals surface area contributed by atoms with Gasteiger partial charge < -0.3 is 14.7 Å². The van der Waals surface area contributed by atoms with Crippen molar-refractivity contribution in [3.05, 3.63) is 95.6 Å². The van der Waals surface area contributed by atoms with Gasteiger partial charge in [0.25, 0.3) is 11.8 Å². The molecule has 0 spiro atoms. The van der Waals surface area contributed by atoms with Crippen LogP contribution in [0.15, 0.2) is 82.6 Å². The van der Waals surface area contributed by atoms with Crippen LogP contribution in [0.1, 0.15) is 34.9 Å². The summed E-state index contributed by atoms with van der Waals surface area (Å²) in [4.78, 5) is 43.5. The molecule has 2 aliphatic heterocycles. The van der Waals surface area contributed by atoms with Gasteiger partial charge in [-0.2, -0.15) is 5.10 Å². The third-order valence-electron chi connectivity index (χ3n) is 6.92. The van der Waals surface area contributed by atoms with Crippen LogP contribution in [0.5, 0.6) is 0 Å². The molecule has 9 heteroatoms. The van der Waals surface area contributed by atoms with Crippen molar-refractivity contribution in [3.63, 3.8) is 0 Å². The Hall–Kier alpha value is -4.66. The number of hydrogen-bond acceptors (Lipinski definition) is 5. The Morgan fingerprint density at radius 2 is 1.89 bits per heavy atom. The quantitative estimate of drug-likeness (QED) is 0.395. The van der Waals surface area contributed by atoms with E-state index < -0.39 is 36.5 Å². The van der Waals surface area contributed by atoms with E-state index in [1.807, 2.05) is 61.7 Å². The number of urea groups is 1. The van der Waals surface area contributed by atoms with Gasteiger partial charge in [-0.05, 0) is 36.2 Å². The van der Waals surface area contributed by atoms with Gasteiger partial charge >= 0.3 is 6.03 Å². The molecule has 37 heavy (non-hydrogen) atoms. The Labute approximate surface area is 212 Å². The Morgan fingerprint density at radius 1 is 1.08 bits per heavy atom. The molecule has 2 aromatic heterocycles. The summed E-state index contributed by atoms with van der Waals surface area (Å²) in [6.45, 7) is 1.60. The molecule has 0 bridgehead atoms. The standard InChI is InChI=1S/C28H25N5O4/c1-17-8-10-18(11-9-17)22-14-24(25-7-4-12-37-25)33(31-22)26(34)16-32-27(35)23(30-28(32)36)13-19-15-29-21-6-3-2-5-20(19)21/h2-12,15,23-24,29H,13-14,16H2,1H3,(H,30,36)/t23-,24-/m1/s1. The van der Waals surface area contributed by atoms with Crippen molar-refractivity contribution in [3.8, 4) is 0 Å². The summed E-state index contributed by atoms with van der Waals surface area (Å²) in [5.41, 5.74) is 4.66. The number of H-pyrrole nitrogens is 1. The van der Waals surface area contributed by atoms with E-state index in [0.29, 0.717) is 18.6 Å². The molecular formula is C28H25N5O4. The Balaban J connectivity index is 1.21. The number of benzene rings is 2. The summed E-state index contributed by atoms with van der Waals surface area (Å²) in [6.07, 6.45) is 4.19. The molecule has 4 heterocycles. The number of furan rings is 1. The van der Waals surface area contributed by atoms with Crippen molar-refractivity contribution in [2.75, 3.05) is 6.54 Å². The van der Waals surface area contributed by atoms with E-state index in [1.165, 1.54) is 5.01 Å². The molecule has 9 nitrogen and oxygen atoms in total. The van der Waals surface area contributed by atoms with E-state index in [9.17, 15) is 14.4 Å². The molecule has 4 amide bonds. The maximum Gasteiger partial charge on any atom is 0.325 e. The van der Waals surface area contributed by atoms with Crippen LogP contribution in [0, 0.1) is 6.92 Å². The summed E-state index contributed by atoms with van der Waals surface area (Å²) < 4.78 is 5.59. The molecule has 4 aromatic rings. The number of amides is 4. The molecule has 6 rings (SSSR count). The number of carbonyl (C=O) groups is 3. The first-order valence-electron chi connectivity index (χ1n) is 12.1. The number of hydrazone groups is 1. The Bertz CT molecular complexity index is 1520. The predicted octanol–water partition coefficient (Wildman–Crippen LogP) is 3.91. The number of para-hydroxylation sites is 1. The number of nitrogens with one attached hydrogen (secondary N) is 2. The van der Waals surface area contributed by atoms with E-state index >= 15 is 0 Å². The van der Waals surface area contributed by atoms with Gasteiger partial charge in [0.2, 0.25) is 0 Å². The Morgan fingerprint density at radius 3 is 2.68 bits per heavy atom. The molecule has 2 aromatic carbocycles. The van der Waals surface area contributed by atoms with Crippen LogP contribution < -0.4 is 5.32 Å². The highest BCUT2D eigenvalue weighted by Gasteiger charge is 2.42. The molecule has 2 N–H and O–H groups in total. The topological polar surface area (TPSA) is 111 Å². The molecule has 0 saturated carbocycles. The molecule has 2 aliphatic rings. The fourth-order valence-corrected chi connectivity index (χ4v) is 4.96. The Kier molecular flexibility index (Phi) is 5.60. The van der Waals surface area contributed by atoms with Gasteiger partial charge in [0.1, 0.15) is 24.4 Å². The average Bonchev–Trinajstić information content (AvgIpc) is 3.69. The molecule has 0 unspecified atom stereocenters. The lowest BCUT2D eigenvalue weighted by atomic mass is 10.0. The van der Waals surface area contributed by atoms with E-state index in [2.05, 4.69) is 15.4 Å². The number of rotatable bonds is 6. The van der Waals surface area contributed by atoms with E-state index in [0.717, 1.165) is 38.2 Å². The number of nitrogens with zero attached hydrogens (tertiary/aromatic N) is 3. The first-order valence-corrected chi connectivity index (χ1v) is 12.1. The molecule has 0 radical (unpaired) electrons. The lowest BCUT2D eigenvalue weighted by Gasteiger charge is -2.22. The van der Waals surface area contributed by atoms with Crippen LogP contribution in [0.2, 0.25) is 0 Å². The van der Waals surface area contributed by atoms with Gasteiger partial charge in [0, 0.05) is 29.9 Å². The van der Waals surface area contributed by atoms with E-state index in [1.54, 1.807) is 18.4 Å². The number of imide groups is 1. The second-order valence-electron chi connectivity index (χ2n) is 9.38. The van der Waals surface area contributed by atoms with Crippen molar-refractivity contribution >= 4 is 34.5 Å². The average molecular weight is 496 g/mol. The zero-order chi connectivity index (χ0) is 25.5. The molecule has 1 fully saturated rings. The number of carbonyl (C=O) groups excluding carboxylic acids is 3. The van der Waals surface area contributed by atoms with Crippen molar-refractivity contribution in [1.82, 2.24) is 20.2 Å². The summed E-state index contributed by atoms with van der Waals surface area (Å²) in [5, 5.41) is 9.66. The van der Waals surface area contributed by atoms with Gasteiger partial charge in [-0.25, -0.2) is 9.80 Å². The SMILES string of the molecule is Cc1ccc(C2=NN(C(=O)CN3C(=O)N[C@H](Cc4c[nH]c5ccccc45)C3=O)[C@@H](c3ccco3)C2)cc1. The maximum absolute atomic E-state index is 13.4. The molecular weight excluding hydrogens is 470 g/mol. The van der Waals surface area contributed by atoms with Gasteiger partial charge in [-0.3, -0.25) is 14.5 Å². The van der Waals surface area contributed by atoms with Crippen LogP contribution in [0.4, 0.5) is 4.79 Å². The largest absolute Gasteiger partial charge is 0.467 e. The summed E-state index contributed by atoms with van der Waals surface area (Å²) in [7, 11) is 0. The third-order valence-corrected chi connectivity index (χ3v) is 6.92. The second-order valence-corrected chi connectivity index (χ2v) is 9.38. The molecule has 0 aliphatic carbocycles. The summed E-state index contributed by atoms with van der Waals surface area (Å²) in [5.74, 6) is -0.298. The van der Waals surface area contributed by atoms with Crippen LogP contribution in [-0.2, 0) is 16.0 Å². The number of aromatic amines is 1. The molecule has 1 saturated heterocycles. The van der Waals surface area contributed by atoms with Crippen LogP contribution in [-0.4, -0.2) is 51.0 Å². The predicted molar refractivity (Wildman–Crippen MR) is 137 cm³/mol. The zero-order valence-corrected chi connectivity index (χ0v) is 20.2. The zero-order valence-electron chi connectivity index (χ0n) is 20.2. The van der Waals surface area contributed by atoms with Crippen LogP contribution in [0.3, 0.4) is 0 Å². The van der Waals surface area contributed by atoms with Gasteiger partial charge in [0.05, 0.1) is 12.0 Å².